The van der Waals surface area contributed by atoms with Crippen LogP contribution in [0.15, 0.2) is 47.4 Å². The van der Waals surface area contributed by atoms with E-state index >= 15 is 0 Å². The maximum Gasteiger partial charge on any atom is 0.192 e. The minimum Gasteiger partial charge on any atom is -0.223 e. The normalized spacial score (nSPS) is 12.0. The van der Waals surface area contributed by atoms with Gasteiger partial charge in [-0.1, -0.05) is 53.0 Å². The van der Waals surface area contributed by atoms with Crippen molar-refractivity contribution in [2.75, 3.05) is 0 Å². The molecule has 0 unspecified atom stereocenters. The van der Waals surface area contributed by atoms with Crippen LogP contribution < -0.4 is 0 Å². The zero-order valence-electron chi connectivity index (χ0n) is 11.6. The Labute approximate surface area is 149 Å². The molecule has 23 heavy (non-hydrogen) atoms. The van der Waals surface area contributed by atoms with E-state index in [4.69, 9.17) is 34.8 Å². The van der Waals surface area contributed by atoms with Crippen molar-refractivity contribution in [2.45, 2.75) is 5.75 Å². The third-order valence-corrected chi connectivity index (χ3v) is 5.37. The number of allylic oxidation sites excluding steroid dienone is 1. The maximum atomic E-state index is 12.4. The number of nitriles is 1. The van der Waals surface area contributed by atoms with E-state index in [2.05, 4.69) is 0 Å². The van der Waals surface area contributed by atoms with E-state index in [1.54, 1.807) is 42.5 Å². The Morgan fingerprint density at radius 3 is 2.22 bits per heavy atom. The number of halogens is 3. The number of rotatable bonds is 4. The van der Waals surface area contributed by atoms with Crippen LogP contribution in [-0.4, -0.2) is 8.42 Å². The molecule has 0 atom stereocenters. The third kappa shape index (κ3) is 4.73. The van der Waals surface area contributed by atoms with Crippen LogP contribution in [0.1, 0.15) is 11.1 Å². The van der Waals surface area contributed by atoms with Crippen molar-refractivity contribution in [1.82, 2.24) is 0 Å². The molecule has 0 amide bonds. The quantitative estimate of drug-likeness (QED) is 0.685. The lowest BCUT2D eigenvalue weighted by Gasteiger charge is -2.05. The fourth-order valence-corrected chi connectivity index (χ4v) is 3.65. The van der Waals surface area contributed by atoms with Crippen molar-refractivity contribution in [3.8, 4) is 6.07 Å². The first-order valence-electron chi connectivity index (χ1n) is 6.36. The Hall–Kier alpha value is -1.51. The summed E-state index contributed by atoms with van der Waals surface area (Å²) < 4.78 is 24.8. The molecule has 3 nitrogen and oxygen atoms in total. The van der Waals surface area contributed by atoms with Gasteiger partial charge in [0.25, 0.3) is 0 Å². The molecule has 2 rings (SSSR count). The van der Waals surface area contributed by atoms with Gasteiger partial charge in [-0.2, -0.15) is 5.26 Å². The van der Waals surface area contributed by atoms with Gasteiger partial charge in [0, 0.05) is 15.1 Å². The predicted octanol–water partition coefficient (Wildman–Crippen LogP) is 5.13. The molecule has 0 bridgehead atoms. The van der Waals surface area contributed by atoms with Gasteiger partial charge in [0.15, 0.2) is 9.84 Å². The molecule has 0 spiro atoms. The highest BCUT2D eigenvalue weighted by molar-refractivity contribution is 7.95. The fourth-order valence-electron chi connectivity index (χ4n) is 1.83. The second-order valence-electron chi connectivity index (χ2n) is 4.67. The molecular weight excluding hydrogens is 377 g/mol. The van der Waals surface area contributed by atoms with Crippen molar-refractivity contribution in [2.24, 2.45) is 0 Å². The highest BCUT2D eigenvalue weighted by Gasteiger charge is 2.19. The van der Waals surface area contributed by atoms with E-state index in [0.29, 0.717) is 21.2 Å². The molecule has 2 aromatic rings. The molecule has 0 heterocycles. The Morgan fingerprint density at radius 2 is 1.65 bits per heavy atom. The Kier molecular flexibility index (Phi) is 5.72. The van der Waals surface area contributed by atoms with Crippen LogP contribution in [0.2, 0.25) is 15.1 Å². The first-order valence-corrected chi connectivity index (χ1v) is 9.14. The van der Waals surface area contributed by atoms with Gasteiger partial charge in [0.1, 0.15) is 11.0 Å². The highest BCUT2D eigenvalue weighted by atomic mass is 35.5. The molecule has 0 aliphatic heterocycles. The fraction of sp³-hybridized carbons (Fsp3) is 0.0625. The van der Waals surface area contributed by atoms with Crippen LogP contribution in [0, 0.1) is 11.3 Å². The minimum atomic E-state index is -3.80. The van der Waals surface area contributed by atoms with Crippen molar-refractivity contribution in [1.29, 1.82) is 5.26 Å². The van der Waals surface area contributed by atoms with Crippen LogP contribution >= 0.6 is 34.8 Å². The molecule has 2 aromatic carbocycles. The van der Waals surface area contributed by atoms with E-state index < -0.39 is 9.84 Å². The number of hydrogen-bond acceptors (Lipinski definition) is 3. The first-order chi connectivity index (χ1) is 10.8. The summed E-state index contributed by atoms with van der Waals surface area (Å²) in [5.41, 5.74) is 0.949. The lowest BCUT2D eigenvalue weighted by Crippen LogP contribution is -2.06. The smallest absolute Gasteiger partial charge is 0.192 e. The average Bonchev–Trinajstić information content (AvgIpc) is 2.48. The summed E-state index contributed by atoms with van der Waals surface area (Å²) >= 11 is 17.6. The Balaban J connectivity index is 2.37. The Bertz CT molecular complexity index is 898. The van der Waals surface area contributed by atoms with Gasteiger partial charge in [-0.05, 0) is 41.5 Å². The summed E-state index contributed by atoms with van der Waals surface area (Å²) in [4.78, 5) is -0.364. The predicted molar refractivity (Wildman–Crippen MR) is 94.1 cm³/mol. The summed E-state index contributed by atoms with van der Waals surface area (Å²) in [5, 5.41) is 10.4. The molecule has 0 fully saturated rings. The standard InChI is InChI=1S/C16H10Cl3NO2S/c17-13-4-1-11(2-5-13)10-23(21,22)15(9-20)7-12-3-6-14(18)8-16(12)19/h1-8H,10H2/b15-7-. The van der Waals surface area contributed by atoms with Crippen LogP contribution in [0.4, 0.5) is 0 Å². The summed E-state index contributed by atoms with van der Waals surface area (Å²) in [7, 11) is -3.80. The summed E-state index contributed by atoms with van der Waals surface area (Å²) in [6.07, 6.45) is 1.24. The van der Waals surface area contributed by atoms with Gasteiger partial charge in [-0.15, -0.1) is 0 Å². The van der Waals surface area contributed by atoms with E-state index in [1.807, 2.05) is 0 Å². The molecular formula is C16H10Cl3NO2S. The maximum absolute atomic E-state index is 12.4. The third-order valence-electron chi connectivity index (χ3n) is 2.96. The molecule has 0 aliphatic rings. The zero-order chi connectivity index (χ0) is 17.0. The van der Waals surface area contributed by atoms with Crippen molar-refractivity contribution in [3.63, 3.8) is 0 Å². The monoisotopic (exact) mass is 385 g/mol. The van der Waals surface area contributed by atoms with Gasteiger partial charge < -0.3 is 0 Å². The van der Waals surface area contributed by atoms with E-state index in [-0.39, 0.29) is 15.7 Å². The van der Waals surface area contributed by atoms with E-state index in [9.17, 15) is 13.7 Å². The van der Waals surface area contributed by atoms with Gasteiger partial charge in [0.05, 0.1) is 5.75 Å². The molecule has 118 valence electrons. The number of nitrogens with zero attached hydrogens (tertiary/aromatic N) is 1. The second kappa shape index (κ2) is 7.37. The molecule has 0 aromatic heterocycles. The molecule has 0 radical (unpaired) electrons. The minimum absolute atomic E-state index is 0.270. The SMILES string of the molecule is N#C/C(=C/c1ccc(Cl)cc1Cl)S(=O)(=O)Cc1ccc(Cl)cc1. The molecule has 0 saturated carbocycles. The average molecular weight is 387 g/mol. The number of hydrogen-bond donors (Lipinski definition) is 0. The van der Waals surface area contributed by atoms with Crippen LogP contribution in [0.25, 0.3) is 6.08 Å². The lowest BCUT2D eigenvalue weighted by atomic mass is 10.2. The van der Waals surface area contributed by atoms with Gasteiger partial charge >= 0.3 is 0 Å². The molecule has 0 aliphatic carbocycles. The van der Waals surface area contributed by atoms with Crippen molar-refractivity contribution >= 4 is 50.7 Å². The summed E-state index contributed by atoms with van der Waals surface area (Å²) in [5.74, 6) is -0.297. The van der Waals surface area contributed by atoms with E-state index in [1.165, 1.54) is 12.1 Å². The van der Waals surface area contributed by atoms with Crippen molar-refractivity contribution in [3.05, 3.63) is 73.6 Å². The highest BCUT2D eigenvalue weighted by Crippen LogP contribution is 2.25. The van der Waals surface area contributed by atoms with Crippen LogP contribution in [0.3, 0.4) is 0 Å². The van der Waals surface area contributed by atoms with Crippen LogP contribution in [-0.2, 0) is 15.6 Å². The first kappa shape index (κ1) is 17.8. The Morgan fingerprint density at radius 1 is 1.04 bits per heavy atom. The summed E-state index contributed by atoms with van der Waals surface area (Å²) in [6.45, 7) is 0. The molecule has 7 heteroatoms. The van der Waals surface area contributed by atoms with Crippen LogP contribution in [0.5, 0.6) is 0 Å². The number of benzene rings is 2. The lowest BCUT2D eigenvalue weighted by molar-refractivity contribution is 0.602. The van der Waals surface area contributed by atoms with Gasteiger partial charge in [0.2, 0.25) is 0 Å². The van der Waals surface area contributed by atoms with E-state index in [0.717, 1.165) is 0 Å². The number of sulfone groups is 1. The second-order valence-corrected chi connectivity index (χ2v) is 7.91. The molecule has 0 N–H and O–H groups in total. The topological polar surface area (TPSA) is 57.9 Å². The summed E-state index contributed by atoms with van der Waals surface area (Å²) in [6, 6.07) is 12.7. The zero-order valence-corrected chi connectivity index (χ0v) is 14.7. The largest absolute Gasteiger partial charge is 0.223 e. The van der Waals surface area contributed by atoms with Gasteiger partial charge in [-0.3, -0.25) is 0 Å². The molecule has 0 saturated heterocycles. The van der Waals surface area contributed by atoms with Gasteiger partial charge in [-0.25, -0.2) is 8.42 Å². The van der Waals surface area contributed by atoms with Crippen molar-refractivity contribution < 1.29 is 8.42 Å².